The normalized spacial score (nSPS) is 11.8. The molecule has 7 heteroatoms. The molecule has 2 aromatic rings. The molecular weight excluding hydrogens is 232 g/mol. The fourth-order valence-corrected chi connectivity index (χ4v) is 1.26. The number of aromatic nitrogens is 3. The van der Waals surface area contributed by atoms with Crippen molar-refractivity contribution < 1.29 is 5.76 Å². The van der Waals surface area contributed by atoms with Crippen LogP contribution in [0.1, 0.15) is 1.37 Å². The van der Waals surface area contributed by atoms with E-state index in [0.29, 0.717) is 0 Å². The zero-order chi connectivity index (χ0) is 11.2. The van der Waals surface area contributed by atoms with Crippen LogP contribution in [0.5, 0.6) is 0 Å². The molecule has 72 valence electrons. The van der Waals surface area contributed by atoms with Crippen molar-refractivity contribution in [1.82, 2.24) is 15.0 Å². The lowest BCUT2D eigenvalue weighted by molar-refractivity contribution is 0.631. The minimum atomic E-state index is -0.962. The van der Waals surface area contributed by atoms with Gasteiger partial charge in [0, 0.05) is 6.17 Å². The number of aromatic amines is 1. The molecule has 4 nitrogen and oxygen atoms in total. The summed E-state index contributed by atoms with van der Waals surface area (Å²) in [6, 6.07) is 0. The number of pyridine rings is 1. The van der Waals surface area contributed by atoms with Crippen LogP contribution in [0.3, 0.4) is 0 Å². The summed E-state index contributed by atoms with van der Waals surface area (Å²) in [4.78, 5) is 20.4. The number of fused-ring (bicyclic) bond motifs is 1. The molecule has 2 heterocycles. The van der Waals surface area contributed by atoms with Gasteiger partial charge >= 0.3 is 0 Å². The van der Waals surface area contributed by atoms with Crippen molar-refractivity contribution in [3.8, 4) is 0 Å². The molecule has 14 heavy (non-hydrogen) atoms. The van der Waals surface area contributed by atoms with E-state index < -0.39 is 22.7 Å². The van der Waals surface area contributed by atoms with E-state index in [1.165, 1.54) is 0 Å². The Balaban J connectivity index is 3.10. The molecule has 0 bridgehead atoms. The lowest BCUT2D eigenvalue weighted by atomic mass is 10.3. The number of halogens is 3. The molecule has 0 atom stereocenters. The second-order valence-corrected chi connectivity index (χ2v) is 3.12. The summed E-state index contributed by atoms with van der Waals surface area (Å²) in [5.74, 6) is -0.962. The van der Waals surface area contributed by atoms with E-state index in [9.17, 15) is 9.18 Å². The average Bonchev–Trinajstić information content (AvgIpc) is 2.12. The Morgan fingerprint density at radius 2 is 2.29 bits per heavy atom. The van der Waals surface area contributed by atoms with Crippen LogP contribution in [0.15, 0.2) is 11.0 Å². The molecule has 2 rings (SSSR count). The third-order valence-electron chi connectivity index (χ3n) is 1.55. The highest BCUT2D eigenvalue weighted by Crippen LogP contribution is 2.18. The van der Waals surface area contributed by atoms with Gasteiger partial charge in [-0.2, -0.15) is 0 Å². The van der Waals surface area contributed by atoms with Crippen molar-refractivity contribution in [3.63, 3.8) is 0 Å². The van der Waals surface area contributed by atoms with Crippen LogP contribution in [-0.2, 0) is 0 Å². The first-order chi connectivity index (χ1) is 7.00. The Bertz CT molecular complexity index is 615. The highest BCUT2D eigenvalue weighted by Gasteiger charge is 2.11. The highest BCUT2D eigenvalue weighted by atomic mass is 35.5. The van der Waals surface area contributed by atoms with Gasteiger partial charge in [-0.25, -0.2) is 14.4 Å². The quantitative estimate of drug-likeness (QED) is 0.559. The first-order valence-electron chi connectivity index (χ1n) is 3.92. The van der Waals surface area contributed by atoms with Gasteiger partial charge < -0.3 is 0 Å². The molecule has 0 aromatic carbocycles. The van der Waals surface area contributed by atoms with E-state index in [-0.39, 0.29) is 16.2 Å². The fraction of sp³-hybridized carbons (Fsp3) is 0. The third kappa shape index (κ3) is 1.34. The molecule has 0 saturated heterocycles. The summed E-state index contributed by atoms with van der Waals surface area (Å²) in [7, 11) is 0. The molecule has 0 amide bonds. The number of H-pyrrole nitrogens is 1. The van der Waals surface area contributed by atoms with E-state index in [1.54, 1.807) is 0 Å². The summed E-state index contributed by atoms with van der Waals surface area (Å²) in [5, 5.41) is -1.06. The Morgan fingerprint density at radius 3 is 3.00 bits per heavy atom. The fourth-order valence-electron chi connectivity index (χ4n) is 0.960. The maximum Gasteiger partial charge on any atom is 0.261 e. The van der Waals surface area contributed by atoms with Crippen molar-refractivity contribution in [2.24, 2.45) is 0 Å². The average molecular weight is 235 g/mol. The van der Waals surface area contributed by atoms with E-state index in [2.05, 4.69) is 15.0 Å². The van der Waals surface area contributed by atoms with Gasteiger partial charge in [0.05, 0.1) is 6.76 Å². The molecule has 0 saturated carbocycles. The molecule has 2 aromatic heterocycles. The summed E-state index contributed by atoms with van der Waals surface area (Å²) in [5.41, 5.74) is -1.08. The van der Waals surface area contributed by atoms with Crippen LogP contribution in [0, 0.1) is 5.82 Å². The van der Waals surface area contributed by atoms with Crippen LogP contribution in [0.25, 0.3) is 10.9 Å². The van der Waals surface area contributed by atoms with Gasteiger partial charge in [-0.3, -0.25) is 9.78 Å². The van der Waals surface area contributed by atoms with Crippen molar-refractivity contribution in [3.05, 3.63) is 32.8 Å². The van der Waals surface area contributed by atoms with E-state index in [0.717, 1.165) is 0 Å². The SMILES string of the molecule is [2H]c1nc(Cl)c(F)c2nc(Cl)[nH]c(=O)c12. The summed E-state index contributed by atoms with van der Waals surface area (Å²) in [6.07, 6.45) is -0.443. The molecule has 0 aliphatic carbocycles. The van der Waals surface area contributed by atoms with Crippen molar-refractivity contribution in [1.29, 1.82) is 0 Å². The number of hydrogen-bond donors (Lipinski definition) is 1. The van der Waals surface area contributed by atoms with Gasteiger partial charge in [0.2, 0.25) is 5.28 Å². The molecule has 0 unspecified atom stereocenters. The first kappa shape index (κ1) is 8.14. The summed E-state index contributed by atoms with van der Waals surface area (Å²) in [6.45, 7) is 0. The molecule has 1 N–H and O–H groups in total. The van der Waals surface area contributed by atoms with Gasteiger partial charge in [-0.15, -0.1) is 0 Å². The second kappa shape index (κ2) is 3.18. The van der Waals surface area contributed by atoms with Crippen molar-refractivity contribution >= 4 is 34.1 Å². The Morgan fingerprint density at radius 1 is 1.57 bits per heavy atom. The lowest BCUT2D eigenvalue weighted by Gasteiger charge is -1.98. The van der Waals surface area contributed by atoms with Crippen LogP contribution in [0.4, 0.5) is 4.39 Å². The predicted molar refractivity (Wildman–Crippen MR) is 50.1 cm³/mol. The van der Waals surface area contributed by atoms with E-state index in [1.807, 2.05) is 0 Å². The molecule has 0 radical (unpaired) electrons. The maximum atomic E-state index is 13.4. The summed E-state index contributed by atoms with van der Waals surface area (Å²) >= 11 is 10.8. The largest absolute Gasteiger partial charge is 0.297 e. The van der Waals surface area contributed by atoms with E-state index >= 15 is 0 Å². The lowest BCUT2D eigenvalue weighted by Crippen LogP contribution is -2.09. The number of nitrogens with zero attached hydrogens (tertiary/aromatic N) is 2. The first-order valence-corrected chi connectivity index (χ1v) is 4.17. The second-order valence-electron chi connectivity index (χ2n) is 2.41. The highest BCUT2D eigenvalue weighted by molar-refractivity contribution is 6.30. The van der Waals surface area contributed by atoms with Crippen LogP contribution < -0.4 is 5.56 Å². The molecule has 0 aliphatic rings. The van der Waals surface area contributed by atoms with Crippen molar-refractivity contribution in [2.75, 3.05) is 0 Å². The zero-order valence-corrected chi connectivity index (χ0v) is 7.95. The Hall–Kier alpha value is -1.20. The van der Waals surface area contributed by atoms with E-state index in [4.69, 9.17) is 24.6 Å². The third-order valence-corrected chi connectivity index (χ3v) is 1.97. The Kier molecular flexibility index (Phi) is 1.85. The van der Waals surface area contributed by atoms with Gasteiger partial charge in [0.25, 0.3) is 5.56 Å². The molecule has 0 aliphatic heterocycles. The zero-order valence-electron chi connectivity index (χ0n) is 7.44. The van der Waals surface area contributed by atoms with Crippen molar-refractivity contribution in [2.45, 2.75) is 0 Å². The Labute approximate surface area is 88.1 Å². The standard InChI is InChI=1S/C7H2Cl2FN3O/c8-5-3(10)4-2(1-11-5)6(14)13-7(9)12-4/h1H,(H,12,13,14)/i1D. The molecular formula is C7H2Cl2FN3O. The molecule has 0 spiro atoms. The van der Waals surface area contributed by atoms with Gasteiger partial charge in [-0.05, 0) is 11.6 Å². The summed E-state index contributed by atoms with van der Waals surface area (Å²) < 4.78 is 20.7. The maximum absolute atomic E-state index is 13.4. The van der Waals surface area contributed by atoms with Crippen LogP contribution in [-0.4, -0.2) is 15.0 Å². The van der Waals surface area contributed by atoms with Gasteiger partial charge in [0.1, 0.15) is 5.52 Å². The minimum absolute atomic E-state index is 0.270. The number of hydrogen-bond acceptors (Lipinski definition) is 3. The topological polar surface area (TPSA) is 58.6 Å². The van der Waals surface area contributed by atoms with Crippen LogP contribution in [0.2, 0.25) is 10.4 Å². The van der Waals surface area contributed by atoms with Gasteiger partial charge in [0.15, 0.2) is 11.0 Å². The molecule has 0 fully saturated rings. The minimum Gasteiger partial charge on any atom is -0.297 e. The number of rotatable bonds is 0. The van der Waals surface area contributed by atoms with Gasteiger partial charge in [-0.1, -0.05) is 11.6 Å². The smallest absolute Gasteiger partial charge is 0.261 e. The monoisotopic (exact) mass is 234 g/mol. The van der Waals surface area contributed by atoms with Crippen LogP contribution >= 0.6 is 23.2 Å². The number of nitrogens with one attached hydrogen (secondary N) is 1. The predicted octanol–water partition coefficient (Wildman–Crippen LogP) is 1.76.